The molecule has 3 fully saturated rings. The molecular weight excluding hydrogens is 515 g/mol. The molecule has 0 aromatic heterocycles. The van der Waals surface area contributed by atoms with E-state index < -0.39 is 31.1 Å². The summed E-state index contributed by atoms with van der Waals surface area (Å²) < 4.78 is 39.6. The molecular formula is C24H30F3N3O2S3. The van der Waals surface area contributed by atoms with Crippen LogP contribution in [0.3, 0.4) is 0 Å². The van der Waals surface area contributed by atoms with E-state index in [1.165, 1.54) is 0 Å². The fourth-order valence-corrected chi connectivity index (χ4v) is 6.24. The Morgan fingerprint density at radius 2 is 1.63 bits per heavy atom. The summed E-state index contributed by atoms with van der Waals surface area (Å²) in [5.74, 6) is -0.475. The average Bonchev–Trinajstić information content (AvgIpc) is 2.67. The first kappa shape index (κ1) is 26.4. The molecule has 2 aromatic carbocycles. The van der Waals surface area contributed by atoms with Crippen molar-refractivity contribution < 1.29 is 23.2 Å². The maximum atomic E-state index is 13.2. The van der Waals surface area contributed by atoms with Gasteiger partial charge in [-0.2, -0.15) is 18.3 Å². The highest BCUT2D eigenvalue weighted by Crippen LogP contribution is 2.73. The standard InChI is InChI=1S/C24H30F3N3O2S3/c1-21(2,3)15-5-10-18(20(31)28-23-12-22(13-23,14-23)24(25,26)27)19(11-15)29-30(32)16-6-8-17(9-7-16)35(4,33)34/h5-11,29,32-34H,12-14H2,1-4H3,(H,28,31). The van der Waals surface area contributed by atoms with E-state index in [0.29, 0.717) is 11.4 Å². The van der Waals surface area contributed by atoms with E-state index in [-0.39, 0.29) is 30.2 Å². The fraction of sp³-hybridized carbons (Fsp3) is 0.458. The van der Waals surface area contributed by atoms with Crippen LogP contribution < -0.4 is 15.9 Å². The maximum absolute atomic E-state index is 13.2. The Morgan fingerprint density at radius 1 is 1.06 bits per heavy atom. The van der Waals surface area contributed by atoms with Gasteiger partial charge in [-0.1, -0.05) is 26.8 Å². The van der Waals surface area contributed by atoms with Crippen LogP contribution in [0.1, 0.15) is 56.0 Å². The van der Waals surface area contributed by atoms with Gasteiger partial charge in [0, 0.05) is 10.4 Å². The Kier molecular flexibility index (Phi) is 6.35. The van der Waals surface area contributed by atoms with Crippen LogP contribution in [0.4, 0.5) is 24.5 Å². The summed E-state index contributed by atoms with van der Waals surface area (Å²) in [5, 5.41) is 14.3. The minimum absolute atomic E-state index is 0.0895. The van der Waals surface area contributed by atoms with Crippen molar-refractivity contribution in [2.75, 3.05) is 16.9 Å². The number of nitrogens with one attached hydrogen (secondary N) is 2. The van der Waals surface area contributed by atoms with Gasteiger partial charge in [0.2, 0.25) is 0 Å². The second kappa shape index (κ2) is 8.43. The van der Waals surface area contributed by atoms with Crippen molar-refractivity contribution in [2.24, 2.45) is 5.41 Å². The molecule has 3 aliphatic carbocycles. The molecule has 0 unspecified atom stereocenters. The molecule has 5 nitrogen and oxygen atoms in total. The van der Waals surface area contributed by atoms with Crippen molar-refractivity contribution >= 4 is 48.7 Å². The third-order valence-corrected chi connectivity index (χ3v) is 9.32. The van der Waals surface area contributed by atoms with Crippen LogP contribution in [0.5, 0.6) is 0 Å². The molecule has 2 aromatic rings. The largest absolute Gasteiger partial charge is 0.394 e. The van der Waals surface area contributed by atoms with Crippen molar-refractivity contribution in [3.8, 4) is 0 Å². The van der Waals surface area contributed by atoms with E-state index in [4.69, 9.17) is 0 Å². The Hall–Kier alpha value is -1.69. The average molecular weight is 546 g/mol. The summed E-state index contributed by atoms with van der Waals surface area (Å²) in [5.41, 5.74) is 2.11. The van der Waals surface area contributed by atoms with Crippen molar-refractivity contribution in [1.82, 2.24) is 5.32 Å². The van der Waals surface area contributed by atoms with Gasteiger partial charge in [0.15, 0.2) is 0 Å². The molecule has 3 aliphatic rings. The normalized spacial score (nSPS) is 24.2. The highest BCUT2D eigenvalue weighted by atomic mass is 33.5. The lowest BCUT2D eigenvalue weighted by Crippen LogP contribution is -2.78. The molecule has 0 spiro atoms. The highest BCUT2D eigenvalue weighted by molar-refractivity contribution is 9.17. The van der Waals surface area contributed by atoms with Crippen LogP contribution in [-0.2, 0) is 5.41 Å². The number of rotatable bonds is 6. The van der Waals surface area contributed by atoms with Gasteiger partial charge < -0.3 is 5.32 Å². The number of alkyl halides is 3. The molecule has 0 heterocycles. The molecule has 5 rings (SSSR count). The molecule has 3 saturated carbocycles. The third-order valence-electron chi connectivity index (χ3n) is 6.89. The van der Waals surface area contributed by atoms with Crippen LogP contribution in [0.25, 0.3) is 0 Å². The van der Waals surface area contributed by atoms with Gasteiger partial charge in [-0.3, -0.25) is 15.4 Å². The third kappa shape index (κ3) is 4.97. The Morgan fingerprint density at radius 3 is 2.11 bits per heavy atom. The van der Waals surface area contributed by atoms with E-state index >= 15 is 0 Å². The van der Waals surface area contributed by atoms with Crippen LogP contribution in [0.2, 0.25) is 0 Å². The molecule has 192 valence electrons. The first-order valence-electron chi connectivity index (χ1n) is 11.1. The van der Waals surface area contributed by atoms with E-state index in [0.717, 1.165) is 15.6 Å². The number of hydrogen-bond acceptors (Lipinski definition) is 6. The first-order chi connectivity index (χ1) is 15.9. The Bertz CT molecular complexity index is 1120. The zero-order chi connectivity index (χ0) is 26.0. The second-order valence-corrected chi connectivity index (χ2v) is 18.2. The smallest absolute Gasteiger partial charge is 0.346 e. The van der Waals surface area contributed by atoms with Crippen molar-refractivity contribution in [1.29, 1.82) is 0 Å². The van der Waals surface area contributed by atoms with E-state index in [1.54, 1.807) is 24.3 Å². The number of hydrogen-bond donors (Lipinski definition) is 5. The summed E-state index contributed by atoms with van der Waals surface area (Å²) >= 11 is 9.01. The van der Waals surface area contributed by atoms with Crippen LogP contribution in [0, 0.1) is 5.41 Å². The summed E-state index contributed by atoms with van der Waals surface area (Å²) in [6.45, 7) is 6.07. The fourth-order valence-electron chi connectivity index (χ4n) is 4.85. The SMILES string of the molecule is CC(C)(C)c1ccc(C(=O)NC23CC(C(F)(F)F)(C2)C3)c(NN(O)c2ccc(S(C)(S)S)cc2)c1. The van der Waals surface area contributed by atoms with E-state index in [9.17, 15) is 23.2 Å². The number of thiol groups is 2. The monoisotopic (exact) mass is 545 g/mol. The molecule has 0 atom stereocenters. The summed E-state index contributed by atoms with van der Waals surface area (Å²) in [7, 11) is -1.52. The van der Waals surface area contributed by atoms with E-state index in [2.05, 4.69) is 34.1 Å². The molecule has 2 bridgehead atoms. The molecule has 1 amide bonds. The molecule has 35 heavy (non-hydrogen) atoms. The predicted molar refractivity (Wildman–Crippen MR) is 142 cm³/mol. The van der Waals surface area contributed by atoms with Crippen molar-refractivity contribution in [3.63, 3.8) is 0 Å². The molecule has 3 N–H and O–H groups in total. The lowest BCUT2D eigenvalue weighted by Gasteiger charge is -2.70. The molecule has 0 aliphatic heterocycles. The zero-order valence-electron chi connectivity index (χ0n) is 19.9. The van der Waals surface area contributed by atoms with Gasteiger partial charge in [-0.25, -0.2) is 0 Å². The molecule has 0 saturated heterocycles. The van der Waals surface area contributed by atoms with Crippen LogP contribution in [0.15, 0.2) is 47.4 Å². The summed E-state index contributed by atoms with van der Waals surface area (Å²) in [6, 6.07) is 12.3. The number of anilines is 2. The van der Waals surface area contributed by atoms with Crippen molar-refractivity contribution in [2.45, 2.75) is 62.1 Å². The quantitative estimate of drug-likeness (QED) is 0.156. The lowest BCUT2D eigenvalue weighted by molar-refractivity contribution is -0.336. The van der Waals surface area contributed by atoms with Gasteiger partial charge in [0.25, 0.3) is 5.91 Å². The second-order valence-electron chi connectivity index (χ2n) is 10.8. The first-order valence-corrected chi connectivity index (χ1v) is 15.2. The molecule has 0 radical (unpaired) electrons. The summed E-state index contributed by atoms with van der Waals surface area (Å²) in [4.78, 5) is 14.1. The van der Waals surface area contributed by atoms with Crippen LogP contribution >= 0.6 is 31.4 Å². The topological polar surface area (TPSA) is 64.6 Å². The van der Waals surface area contributed by atoms with E-state index in [1.807, 2.05) is 45.2 Å². The van der Waals surface area contributed by atoms with Crippen molar-refractivity contribution in [3.05, 3.63) is 53.6 Å². The summed E-state index contributed by atoms with van der Waals surface area (Å²) in [6.07, 6.45) is -2.60. The number of nitrogens with zero attached hydrogens (tertiary/aromatic N) is 1. The zero-order valence-corrected chi connectivity index (χ0v) is 22.5. The van der Waals surface area contributed by atoms with Gasteiger partial charge in [0.1, 0.15) is 0 Å². The van der Waals surface area contributed by atoms with Gasteiger partial charge in [-0.05, 0) is 72.9 Å². The Labute approximate surface area is 214 Å². The van der Waals surface area contributed by atoms with Gasteiger partial charge in [0.05, 0.1) is 22.4 Å². The number of benzene rings is 2. The molecule has 11 heteroatoms. The van der Waals surface area contributed by atoms with Gasteiger partial charge >= 0.3 is 6.18 Å². The number of carbonyl (C=O) groups is 1. The van der Waals surface area contributed by atoms with Gasteiger partial charge in [-0.15, -0.1) is 31.4 Å². The predicted octanol–water partition coefficient (Wildman–Crippen LogP) is 6.90. The number of amides is 1. The number of halogens is 3. The lowest BCUT2D eigenvalue weighted by atomic mass is 9.39. The van der Waals surface area contributed by atoms with Crippen LogP contribution in [-0.4, -0.2) is 29.1 Å². The Balaban J connectivity index is 1.55. The number of hydrazine groups is 1. The maximum Gasteiger partial charge on any atom is 0.394 e. The highest BCUT2D eigenvalue weighted by Gasteiger charge is 2.79. The minimum Gasteiger partial charge on any atom is -0.346 e. The number of carbonyl (C=O) groups excluding carboxylic acids is 1. The minimum atomic E-state index is -4.24.